The minimum Gasteiger partial charge on any atom is -0.315 e. The highest BCUT2D eigenvalue weighted by Gasteiger charge is 2.02. The van der Waals surface area contributed by atoms with Gasteiger partial charge in [0.1, 0.15) is 0 Å². The van der Waals surface area contributed by atoms with Crippen molar-refractivity contribution < 1.29 is 0 Å². The number of hydrogen-bond acceptors (Lipinski definition) is 3. The highest BCUT2D eigenvalue weighted by molar-refractivity contribution is 9.10. The highest BCUT2D eigenvalue weighted by Crippen LogP contribution is 2.11. The molecule has 0 aliphatic rings. The van der Waals surface area contributed by atoms with Crippen LogP contribution < -0.4 is 5.32 Å². The van der Waals surface area contributed by atoms with Crippen LogP contribution in [-0.2, 0) is 6.42 Å². The molecule has 1 N–H and O–H groups in total. The summed E-state index contributed by atoms with van der Waals surface area (Å²) in [4.78, 5) is 4.32. The lowest BCUT2D eigenvalue weighted by molar-refractivity contribution is 0.570. The van der Waals surface area contributed by atoms with Gasteiger partial charge in [0.05, 0.1) is 6.20 Å². The van der Waals surface area contributed by atoms with E-state index >= 15 is 0 Å². The summed E-state index contributed by atoms with van der Waals surface area (Å²) in [5.41, 5.74) is 1.25. The smallest absolute Gasteiger partial charge is 0.153 e. The Kier molecular flexibility index (Phi) is 5.10. The molecule has 2 aromatic heterocycles. The molecule has 0 aliphatic heterocycles. The van der Waals surface area contributed by atoms with Crippen LogP contribution in [0.3, 0.4) is 0 Å². The molecular weight excluding hydrogens is 304 g/mol. The van der Waals surface area contributed by atoms with Crippen molar-refractivity contribution in [2.75, 3.05) is 6.54 Å². The molecule has 0 aliphatic carbocycles. The van der Waals surface area contributed by atoms with Crippen LogP contribution in [0.5, 0.6) is 0 Å². The molecule has 0 radical (unpaired) electrons. The van der Waals surface area contributed by atoms with Crippen LogP contribution in [0.4, 0.5) is 0 Å². The molecule has 0 bridgehead atoms. The van der Waals surface area contributed by atoms with Crippen LogP contribution in [0.25, 0.3) is 5.82 Å². The maximum Gasteiger partial charge on any atom is 0.153 e. The first-order valence-electron chi connectivity index (χ1n) is 6.54. The predicted molar refractivity (Wildman–Crippen MR) is 80.5 cm³/mol. The van der Waals surface area contributed by atoms with Gasteiger partial charge in [0.25, 0.3) is 0 Å². The number of aromatic nitrogens is 3. The van der Waals surface area contributed by atoms with E-state index in [0.29, 0.717) is 6.04 Å². The standard InChI is InChI=1S/C14H19BrN4/c1-11(2)16-7-3-4-12-8-18-19(10-12)14-6-5-13(15)9-17-14/h5-6,8-11,16H,3-4,7H2,1-2H3. The lowest BCUT2D eigenvalue weighted by Crippen LogP contribution is -2.23. The zero-order chi connectivity index (χ0) is 13.7. The van der Waals surface area contributed by atoms with Crippen molar-refractivity contribution >= 4 is 15.9 Å². The number of halogens is 1. The third kappa shape index (κ3) is 4.44. The molecule has 102 valence electrons. The maximum atomic E-state index is 4.35. The second kappa shape index (κ2) is 6.82. The fourth-order valence-corrected chi connectivity index (χ4v) is 2.04. The summed E-state index contributed by atoms with van der Waals surface area (Å²) in [5.74, 6) is 0.842. The van der Waals surface area contributed by atoms with E-state index in [9.17, 15) is 0 Å². The van der Waals surface area contributed by atoms with Crippen molar-refractivity contribution in [2.45, 2.75) is 32.7 Å². The summed E-state index contributed by atoms with van der Waals surface area (Å²) in [6.07, 6.45) is 7.90. The van der Waals surface area contributed by atoms with Crippen LogP contribution in [-0.4, -0.2) is 27.4 Å². The summed E-state index contributed by atoms with van der Waals surface area (Å²) in [6, 6.07) is 4.46. The summed E-state index contributed by atoms with van der Waals surface area (Å²) in [7, 11) is 0. The van der Waals surface area contributed by atoms with E-state index < -0.39 is 0 Å². The molecule has 0 fully saturated rings. The number of pyridine rings is 1. The second-order valence-corrected chi connectivity index (χ2v) is 5.76. The largest absolute Gasteiger partial charge is 0.315 e. The minimum absolute atomic E-state index is 0.551. The molecule has 0 saturated carbocycles. The Morgan fingerprint density at radius 3 is 2.84 bits per heavy atom. The molecule has 2 rings (SSSR count). The Labute approximate surface area is 122 Å². The van der Waals surface area contributed by atoms with E-state index in [0.717, 1.165) is 29.7 Å². The molecule has 2 heterocycles. The predicted octanol–water partition coefficient (Wildman–Crippen LogP) is 2.96. The first-order chi connectivity index (χ1) is 9.15. The quantitative estimate of drug-likeness (QED) is 0.831. The van der Waals surface area contributed by atoms with E-state index in [1.807, 2.05) is 29.2 Å². The first kappa shape index (κ1) is 14.2. The molecule has 0 amide bonds. The topological polar surface area (TPSA) is 42.7 Å². The zero-order valence-corrected chi connectivity index (χ0v) is 12.9. The molecule has 4 nitrogen and oxygen atoms in total. The summed E-state index contributed by atoms with van der Waals surface area (Å²) >= 11 is 3.38. The molecule has 0 unspecified atom stereocenters. The van der Waals surface area contributed by atoms with Crippen molar-refractivity contribution in [1.29, 1.82) is 0 Å². The molecule has 5 heteroatoms. The molecule has 2 aromatic rings. The van der Waals surface area contributed by atoms with Crippen molar-refractivity contribution in [2.24, 2.45) is 0 Å². The number of nitrogens with one attached hydrogen (secondary N) is 1. The fraction of sp³-hybridized carbons (Fsp3) is 0.429. The van der Waals surface area contributed by atoms with E-state index in [1.54, 1.807) is 6.20 Å². The summed E-state index contributed by atoms with van der Waals surface area (Å²) < 4.78 is 2.79. The van der Waals surface area contributed by atoms with Gasteiger partial charge >= 0.3 is 0 Å². The SMILES string of the molecule is CC(C)NCCCc1cnn(-c2ccc(Br)cn2)c1. The van der Waals surface area contributed by atoms with Gasteiger partial charge in [-0.05, 0) is 53.0 Å². The normalized spacial score (nSPS) is 11.2. The molecule has 0 atom stereocenters. The van der Waals surface area contributed by atoms with E-state index in [1.165, 1.54) is 5.56 Å². The number of aryl methyl sites for hydroxylation is 1. The number of nitrogens with zero attached hydrogens (tertiary/aromatic N) is 3. The molecule has 0 aromatic carbocycles. The Morgan fingerprint density at radius 1 is 1.32 bits per heavy atom. The van der Waals surface area contributed by atoms with Crippen LogP contribution in [0.2, 0.25) is 0 Å². The number of rotatable bonds is 6. The van der Waals surface area contributed by atoms with Gasteiger partial charge in [-0.1, -0.05) is 13.8 Å². The second-order valence-electron chi connectivity index (χ2n) is 4.84. The molecule has 0 spiro atoms. The van der Waals surface area contributed by atoms with Crippen molar-refractivity contribution in [1.82, 2.24) is 20.1 Å². The molecule has 19 heavy (non-hydrogen) atoms. The zero-order valence-electron chi connectivity index (χ0n) is 11.3. The third-order valence-electron chi connectivity index (χ3n) is 2.78. The Balaban J connectivity index is 1.90. The molecule has 0 saturated heterocycles. The summed E-state index contributed by atoms with van der Waals surface area (Å²) in [5, 5.41) is 7.76. The Hall–Kier alpha value is -1.20. The van der Waals surface area contributed by atoms with Gasteiger partial charge in [0.2, 0.25) is 0 Å². The lowest BCUT2D eigenvalue weighted by Gasteiger charge is -2.06. The van der Waals surface area contributed by atoms with Gasteiger partial charge in [0.15, 0.2) is 5.82 Å². The Bertz CT molecular complexity index is 504. The average molecular weight is 323 g/mol. The lowest BCUT2D eigenvalue weighted by atomic mass is 10.2. The van der Waals surface area contributed by atoms with Gasteiger partial charge in [-0.3, -0.25) is 0 Å². The van der Waals surface area contributed by atoms with Crippen LogP contribution >= 0.6 is 15.9 Å². The Morgan fingerprint density at radius 2 is 2.16 bits per heavy atom. The van der Waals surface area contributed by atoms with Gasteiger partial charge in [-0.2, -0.15) is 5.10 Å². The van der Waals surface area contributed by atoms with Gasteiger partial charge in [-0.15, -0.1) is 0 Å². The molecular formula is C14H19BrN4. The third-order valence-corrected chi connectivity index (χ3v) is 3.25. The van der Waals surface area contributed by atoms with Gasteiger partial charge in [0, 0.05) is 22.9 Å². The van der Waals surface area contributed by atoms with E-state index in [-0.39, 0.29) is 0 Å². The highest BCUT2D eigenvalue weighted by atomic mass is 79.9. The van der Waals surface area contributed by atoms with Crippen molar-refractivity contribution in [3.05, 3.63) is 40.8 Å². The van der Waals surface area contributed by atoms with Crippen LogP contribution in [0, 0.1) is 0 Å². The van der Waals surface area contributed by atoms with Gasteiger partial charge in [-0.25, -0.2) is 9.67 Å². The van der Waals surface area contributed by atoms with Crippen molar-refractivity contribution in [3.63, 3.8) is 0 Å². The summed E-state index contributed by atoms with van der Waals surface area (Å²) in [6.45, 7) is 5.37. The number of hydrogen-bond donors (Lipinski definition) is 1. The van der Waals surface area contributed by atoms with Crippen LogP contribution in [0.1, 0.15) is 25.8 Å². The van der Waals surface area contributed by atoms with Gasteiger partial charge < -0.3 is 5.32 Å². The van der Waals surface area contributed by atoms with Crippen LogP contribution in [0.15, 0.2) is 35.2 Å². The monoisotopic (exact) mass is 322 g/mol. The van der Waals surface area contributed by atoms with E-state index in [2.05, 4.69) is 45.2 Å². The maximum absolute atomic E-state index is 4.35. The first-order valence-corrected chi connectivity index (χ1v) is 7.33. The average Bonchev–Trinajstić information content (AvgIpc) is 2.84. The fourth-order valence-electron chi connectivity index (χ4n) is 1.80. The van der Waals surface area contributed by atoms with Crippen molar-refractivity contribution in [3.8, 4) is 5.82 Å². The van der Waals surface area contributed by atoms with E-state index in [4.69, 9.17) is 0 Å². The minimum atomic E-state index is 0.551.